The molecule has 0 saturated carbocycles. The van der Waals surface area contributed by atoms with Crippen LogP contribution in [0.5, 0.6) is 0 Å². The van der Waals surface area contributed by atoms with Gasteiger partial charge >= 0.3 is 0 Å². The second-order valence-electron chi connectivity index (χ2n) is 8.84. The summed E-state index contributed by atoms with van der Waals surface area (Å²) in [4.78, 5) is 25.9. The van der Waals surface area contributed by atoms with E-state index in [0.717, 1.165) is 29.6 Å². The summed E-state index contributed by atoms with van der Waals surface area (Å²) in [6.45, 7) is 8.40. The molecule has 8 heteroatoms. The molecule has 4 aromatic rings. The average Bonchev–Trinajstić information content (AvgIpc) is 3.21. The molecular weight excluding hydrogens is 434 g/mol. The van der Waals surface area contributed by atoms with Crippen molar-refractivity contribution < 1.29 is 4.79 Å². The zero-order valence-electron chi connectivity index (χ0n) is 19.4. The third kappa shape index (κ3) is 4.95. The van der Waals surface area contributed by atoms with Crippen molar-refractivity contribution in [3.8, 4) is 5.69 Å². The highest BCUT2D eigenvalue weighted by Gasteiger charge is 2.19. The molecule has 0 aliphatic carbocycles. The number of nitrogens with one attached hydrogen (secondary N) is 1. The van der Waals surface area contributed by atoms with Crippen LogP contribution >= 0.6 is 11.8 Å². The highest BCUT2D eigenvalue weighted by atomic mass is 32.2. The van der Waals surface area contributed by atoms with Crippen molar-refractivity contribution in [1.82, 2.24) is 24.5 Å². The maximum Gasteiger partial charge on any atom is 0.267 e. The Hall–Kier alpha value is -3.13. The smallest absolute Gasteiger partial charge is 0.267 e. The van der Waals surface area contributed by atoms with Crippen molar-refractivity contribution in [3.63, 3.8) is 0 Å². The molecule has 7 nitrogen and oxygen atoms in total. The van der Waals surface area contributed by atoms with E-state index in [2.05, 4.69) is 29.4 Å². The van der Waals surface area contributed by atoms with E-state index in [-0.39, 0.29) is 23.3 Å². The van der Waals surface area contributed by atoms with Crippen molar-refractivity contribution in [2.75, 3.05) is 5.75 Å². The first-order valence-electron chi connectivity index (χ1n) is 11.2. The molecule has 172 valence electrons. The van der Waals surface area contributed by atoms with Crippen LogP contribution in [-0.2, 0) is 4.79 Å². The van der Waals surface area contributed by atoms with E-state index < -0.39 is 0 Å². The van der Waals surface area contributed by atoms with Gasteiger partial charge in [0.2, 0.25) is 11.7 Å². The summed E-state index contributed by atoms with van der Waals surface area (Å²) in [7, 11) is 0. The van der Waals surface area contributed by atoms with Crippen LogP contribution < -0.4 is 10.9 Å². The second-order valence-corrected chi connectivity index (χ2v) is 9.78. The van der Waals surface area contributed by atoms with Gasteiger partial charge in [0, 0.05) is 6.04 Å². The lowest BCUT2D eigenvalue weighted by atomic mass is 10.0. The summed E-state index contributed by atoms with van der Waals surface area (Å²) in [5.41, 5.74) is 2.40. The van der Waals surface area contributed by atoms with Crippen LogP contribution in [0.2, 0.25) is 0 Å². The summed E-state index contributed by atoms with van der Waals surface area (Å²) in [5.74, 6) is 1.23. The van der Waals surface area contributed by atoms with Gasteiger partial charge in [0.25, 0.3) is 5.56 Å². The Labute approximate surface area is 197 Å². The van der Waals surface area contributed by atoms with Gasteiger partial charge in [-0.15, -0.1) is 10.2 Å². The molecule has 1 N–H and O–H groups in total. The Bertz CT molecular complexity index is 1340. The summed E-state index contributed by atoms with van der Waals surface area (Å²) in [6, 6.07) is 15.3. The molecule has 2 heterocycles. The number of rotatable bonds is 8. The van der Waals surface area contributed by atoms with Crippen LogP contribution in [-0.4, -0.2) is 36.9 Å². The van der Waals surface area contributed by atoms with Crippen molar-refractivity contribution in [3.05, 3.63) is 64.4 Å². The molecule has 0 spiro atoms. The summed E-state index contributed by atoms with van der Waals surface area (Å²) in [6.07, 6.45) is 2.03. The quantitative estimate of drug-likeness (QED) is 0.392. The summed E-state index contributed by atoms with van der Waals surface area (Å²) >= 11 is 1.32. The van der Waals surface area contributed by atoms with E-state index in [1.165, 1.54) is 11.8 Å². The minimum Gasteiger partial charge on any atom is -0.353 e. The molecule has 1 unspecified atom stereocenters. The number of thioether (sulfide) groups is 1. The first-order valence-corrected chi connectivity index (χ1v) is 12.2. The second kappa shape index (κ2) is 9.79. The van der Waals surface area contributed by atoms with Crippen molar-refractivity contribution in [2.24, 2.45) is 5.92 Å². The predicted molar refractivity (Wildman–Crippen MR) is 133 cm³/mol. The van der Waals surface area contributed by atoms with Crippen LogP contribution in [0.4, 0.5) is 0 Å². The lowest BCUT2D eigenvalue weighted by Gasteiger charge is -2.15. The molecule has 0 aliphatic rings. The number of carbonyl (C=O) groups excluding carboxylic acids is 1. The fraction of sp³-hybridized carbons (Fsp3) is 0.360. The van der Waals surface area contributed by atoms with E-state index in [1.807, 2.05) is 60.7 Å². The van der Waals surface area contributed by atoms with E-state index in [9.17, 15) is 9.59 Å². The van der Waals surface area contributed by atoms with Crippen LogP contribution in [0.15, 0.2) is 58.5 Å². The van der Waals surface area contributed by atoms with Gasteiger partial charge in [0.05, 0.1) is 22.3 Å². The van der Waals surface area contributed by atoms with E-state index in [0.29, 0.717) is 22.2 Å². The van der Waals surface area contributed by atoms with Crippen LogP contribution in [0, 0.1) is 12.8 Å². The largest absolute Gasteiger partial charge is 0.353 e. The standard InChI is InChI=1S/C25H29N5O2S/c1-16(2)9-12-18(4)26-22(31)15-33-25-28-27-24-29(19-13-10-17(3)11-14-19)23(32)20-7-5-6-8-21(20)30(24)25/h5-8,10-11,13-14,16,18H,9,12,15H2,1-4H3,(H,26,31). The van der Waals surface area contributed by atoms with E-state index in [1.54, 1.807) is 10.6 Å². The van der Waals surface area contributed by atoms with Crippen LogP contribution in [0.25, 0.3) is 22.4 Å². The third-order valence-corrected chi connectivity index (χ3v) is 6.53. The minimum absolute atomic E-state index is 0.0378. The number of hydrogen-bond donors (Lipinski definition) is 1. The van der Waals surface area contributed by atoms with Gasteiger partial charge in [0.1, 0.15) is 0 Å². The molecule has 0 bridgehead atoms. The maximum absolute atomic E-state index is 13.3. The van der Waals surface area contributed by atoms with Gasteiger partial charge in [-0.3, -0.25) is 14.0 Å². The highest BCUT2D eigenvalue weighted by molar-refractivity contribution is 7.99. The van der Waals surface area contributed by atoms with Gasteiger partial charge < -0.3 is 5.32 Å². The topological polar surface area (TPSA) is 81.3 Å². The number of carbonyl (C=O) groups is 1. The lowest BCUT2D eigenvalue weighted by Crippen LogP contribution is -2.34. The maximum atomic E-state index is 13.3. The van der Waals surface area contributed by atoms with E-state index >= 15 is 0 Å². The summed E-state index contributed by atoms with van der Waals surface area (Å²) < 4.78 is 3.43. The zero-order valence-corrected chi connectivity index (χ0v) is 20.2. The molecule has 2 aromatic heterocycles. The first-order chi connectivity index (χ1) is 15.8. The van der Waals surface area contributed by atoms with Crippen molar-refractivity contribution in [1.29, 1.82) is 0 Å². The number of benzene rings is 2. The summed E-state index contributed by atoms with van der Waals surface area (Å²) in [5, 5.41) is 12.9. The van der Waals surface area contributed by atoms with Crippen molar-refractivity contribution in [2.45, 2.75) is 51.7 Å². The molecule has 1 atom stereocenters. The molecule has 0 radical (unpaired) electrons. The normalized spacial score (nSPS) is 12.5. The van der Waals surface area contributed by atoms with Crippen LogP contribution in [0.1, 0.15) is 39.2 Å². The average molecular weight is 464 g/mol. The Kier molecular flexibility index (Phi) is 6.83. The molecular formula is C25H29N5O2S. The monoisotopic (exact) mass is 463 g/mol. The van der Waals surface area contributed by atoms with Gasteiger partial charge in [-0.25, -0.2) is 4.57 Å². The molecule has 33 heavy (non-hydrogen) atoms. The lowest BCUT2D eigenvalue weighted by molar-refractivity contribution is -0.119. The first kappa shape index (κ1) is 23.0. The highest BCUT2D eigenvalue weighted by Crippen LogP contribution is 2.23. The molecule has 2 aromatic carbocycles. The van der Waals surface area contributed by atoms with Crippen LogP contribution in [0.3, 0.4) is 0 Å². The molecule has 0 aliphatic heterocycles. The predicted octanol–water partition coefficient (Wildman–Crippen LogP) is 4.37. The Morgan fingerprint density at radius 2 is 1.76 bits per heavy atom. The number of nitrogens with zero attached hydrogens (tertiary/aromatic N) is 4. The van der Waals surface area contributed by atoms with E-state index in [4.69, 9.17) is 0 Å². The minimum atomic E-state index is -0.150. The van der Waals surface area contributed by atoms with Crippen molar-refractivity contribution >= 4 is 34.3 Å². The third-order valence-electron chi connectivity index (χ3n) is 5.60. The fourth-order valence-electron chi connectivity index (χ4n) is 3.80. The number of para-hydroxylation sites is 1. The Balaban J connectivity index is 1.68. The SMILES string of the molecule is Cc1ccc(-n2c(=O)c3ccccc3n3c(SCC(=O)NC(C)CCC(C)C)nnc23)cc1. The molecule has 1 amide bonds. The number of aryl methyl sites for hydroxylation is 1. The van der Waals surface area contributed by atoms with Gasteiger partial charge in [0.15, 0.2) is 5.16 Å². The number of aromatic nitrogens is 4. The van der Waals surface area contributed by atoms with Gasteiger partial charge in [-0.2, -0.15) is 0 Å². The van der Waals surface area contributed by atoms with Gasteiger partial charge in [-0.1, -0.05) is 55.4 Å². The zero-order chi connectivity index (χ0) is 23.5. The molecule has 0 saturated heterocycles. The Morgan fingerprint density at radius 3 is 2.48 bits per heavy atom. The van der Waals surface area contributed by atoms with Gasteiger partial charge in [-0.05, 0) is 56.9 Å². The molecule has 4 rings (SSSR count). The molecule has 0 fully saturated rings. The fourth-order valence-corrected chi connectivity index (χ4v) is 4.55. The number of amides is 1. The number of fused-ring (bicyclic) bond motifs is 3. The number of hydrogen-bond acceptors (Lipinski definition) is 5. The Morgan fingerprint density at radius 1 is 1.03 bits per heavy atom.